The van der Waals surface area contributed by atoms with E-state index in [4.69, 9.17) is 0 Å². The van der Waals surface area contributed by atoms with Gasteiger partial charge in [0.15, 0.2) is 0 Å². The van der Waals surface area contributed by atoms with Crippen LogP contribution >= 0.6 is 0 Å². The lowest BCUT2D eigenvalue weighted by molar-refractivity contribution is -0.117. The van der Waals surface area contributed by atoms with Gasteiger partial charge in [-0.3, -0.25) is 9.69 Å². The van der Waals surface area contributed by atoms with E-state index in [0.717, 1.165) is 49.6 Å². The number of anilines is 1. The molecule has 1 aromatic heterocycles. The van der Waals surface area contributed by atoms with Crippen LogP contribution in [-0.2, 0) is 11.3 Å². The highest BCUT2D eigenvalue weighted by molar-refractivity contribution is 5.93. The minimum atomic E-state index is 0.0795. The largest absolute Gasteiger partial charge is 0.335 e. The molecule has 0 radical (unpaired) electrons. The Balaban J connectivity index is 1.45. The summed E-state index contributed by atoms with van der Waals surface area (Å²) in [6, 6.07) is 6.12. The highest BCUT2D eigenvalue weighted by Gasteiger charge is 2.21. The number of aromatic nitrogens is 2. The lowest BCUT2D eigenvalue weighted by Crippen LogP contribution is -2.40. The Hall–Kier alpha value is -2.14. The van der Waals surface area contributed by atoms with E-state index in [0.29, 0.717) is 12.5 Å². The van der Waals surface area contributed by atoms with Crippen LogP contribution in [0.2, 0.25) is 0 Å². The first-order valence-electron chi connectivity index (χ1n) is 9.08. The smallest absolute Gasteiger partial charge is 0.238 e. The summed E-state index contributed by atoms with van der Waals surface area (Å²) in [6.07, 6.45) is 6.18. The summed E-state index contributed by atoms with van der Waals surface area (Å²) in [6.45, 7) is 9.63. The number of nitrogens with zero attached hydrogens (tertiary/aromatic N) is 3. The van der Waals surface area contributed by atoms with Crippen molar-refractivity contribution in [3.05, 3.63) is 47.5 Å². The molecule has 0 saturated carbocycles. The van der Waals surface area contributed by atoms with Crippen molar-refractivity contribution >= 4 is 11.6 Å². The number of carbonyl (C=O) groups is 1. The van der Waals surface area contributed by atoms with Gasteiger partial charge in [0, 0.05) is 24.6 Å². The van der Waals surface area contributed by atoms with Gasteiger partial charge in [-0.05, 0) is 64.3 Å². The Bertz CT molecular complexity index is 729. The molecule has 0 aliphatic carbocycles. The van der Waals surface area contributed by atoms with Crippen LogP contribution in [0.25, 0.3) is 0 Å². The fourth-order valence-corrected chi connectivity index (χ4v) is 3.55. The summed E-state index contributed by atoms with van der Waals surface area (Å²) in [5, 5.41) is 3.05. The second kappa shape index (κ2) is 7.83. The Labute approximate surface area is 150 Å². The van der Waals surface area contributed by atoms with Gasteiger partial charge >= 0.3 is 0 Å². The molecule has 1 aliphatic rings. The lowest BCUT2D eigenvalue weighted by Gasteiger charge is -2.31. The Kier molecular flexibility index (Phi) is 5.53. The van der Waals surface area contributed by atoms with Gasteiger partial charge in [-0.1, -0.05) is 17.7 Å². The molecule has 1 aliphatic heterocycles. The van der Waals surface area contributed by atoms with Crippen molar-refractivity contribution in [3.8, 4) is 0 Å². The maximum absolute atomic E-state index is 12.3. The summed E-state index contributed by atoms with van der Waals surface area (Å²) in [4.78, 5) is 18.9. The SMILES string of the molecule is Cc1ccc(NC(=O)CN2CCC(Cn3ccnc3C)CC2)c(C)c1. The van der Waals surface area contributed by atoms with Crippen LogP contribution in [0.3, 0.4) is 0 Å². The van der Waals surface area contributed by atoms with Gasteiger partial charge < -0.3 is 9.88 Å². The van der Waals surface area contributed by atoms with Crippen molar-refractivity contribution in [1.82, 2.24) is 14.5 Å². The van der Waals surface area contributed by atoms with Crippen LogP contribution in [0.1, 0.15) is 29.8 Å². The molecule has 1 aromatic carbocycles. The summed E-state index contributed by atoms with van der Waals surface area (Å²) in [7, 11) is 0. The van der Waals surface area contributed by atoms with E-state index in [1.165, 1.54) is 5.56 Å². The lowest BCUT2D eigenvalue weighted by atomic mass is 9.96. The van der Waals surface area contributed by atoms with Crippen LogP contribution < -0.4 is 5.32 Å². The van der Waals surface area contributed by atoms with Gasteiger partial charge in [0.25, 0.3) is 0 Å². The average molecular weight is 340 g/mol. The summed E-state index contributed by atoms with van der Waals surface area (Å²) in [5.74, 6) is 1.83. The Morgan fingerprint density at radius 2 is 2.00 bits per heavy atom. The number of likely N-dealkylation sites (tertiary alicyclic amines) is 1. The van der Waals surface area contributed by atoms with Crippen LogP contribution in [0, 0.1) is 26.7 Å². The Morgan fingerprint density at radius 1 is 1.24 bits per heavy atom. The number of carbonyl (C=O) groups excluding carboxylic acids is 1. The third-order valence-corrected chi connectivity index (χ3v) is 5.11. The second-order valence-electron chi connectivity index (χ2n) is 7.21. The zero-order valence-electron chi connectivity index (χ0n) is 15.5. The average Bonchev–Trinajstić information content (AvgIpc) is 2.97. The number of piperidine rings is 1. The van der Waals surface area contributed by atoms with E-state index < -0.39 is 0 Å². The van der Waals surface area contributed by atoms with E-state index >= 15 is 0 Å². The first-order chi connectivity index (χ1) is 12.0. The van der Waals surface area contributed by atoms with Crippen molar-refractivity contribution in [1.29, 1.82) is 0 Å². The minimum Gasteiger partial charge on any atom is -0.335 e. The molecule has 0 unspecified atom stereocenters. The maximum atomic E-state index is 12.3. The van der Waals surface area contributed by atoms with Crippen molar-refractivity contribution in [3.63, 3.8) is 0 Å². The van der Waals surface area contributed by atoms with Crippen LogP contribution in [-0.4, -0.2) is 40.0 Å². The van der Waals surface area contributed by atoms with Gasteiger partial charge in [0.2, 0.25) is 5.91 Å². The molecular formula is C20H28N4O. The van der Waals surface area contributed by atoms with Crippen molar-refractivity contribution in [2.24, 2.45) is 5.92 Å². The predicted molar refractivity (Wildman–Crippen MR) is 101 cm³/mol. The highest BCUT2D eigenvalue weighted by atomic mass is 16.2. The monoisotopic (exact) mass is 340 g/mol. The van der Waals surface area contributed by atoms with Crippen molar-refractivity contribution < 1.29 is 4.79 Å². The normalized spacial score (nSPS) is 16.1. The van der Waals surface area contributed by atoms with Crippen molar-refractivity contribution in [2.45, 2.75) is 40.2 Å². The molecule has 0 spiro atoms. The molecule has 2 aromatic rings. The number of nitrogens with one attached hydrogen (secondary N) is 1. The number of benzene rings is 1. The molecule has 1 amide bonds. The zero-order chi connectivity index (χ0) is 17.8. The van der Waals surface area contributed by atoms with E-state index in [-0.39, 0.29) is 5.91 Å². The maximum Gasteiger partial charge on any atom is 0.238 e. The van der Waals surface area contributed by atoms with Crippen LogP contribution in [0.15, 0.2) is 30.6 Å². The molecule has 134 valence electrons. The molecule has 1 N–H and O–H groups in total. The quantitative estimate of drug-likeness (QED) is 0.909. The van der Waals surface area contributed by atoms with E-state index in [2.05, 4.69) is 39.0 Å². The number of amides is 1. The van der Waals surface area contributed by atoms with Crippen molar-refractivity contribution in [2.75, 3.05) is 25.0 Å². The molecule has 2 heterocycles. The standard InChI is InChI=1S/C20H28N4O/c1-15-4-5-19(16(2)12-15)22-20(25)14-23-9-6-18(7-10-23)13-24-11-8-21-17(24)3/h4-5,8,11-12,18H,6-7,9-10,13-14H2,1-3H3,(H,22,25). The minimum absolute atomic E-state index is 0.0795. The predicted octanol–water partition coefficient (Wildman–Crippen LogP) is 3.16. The zero-order valence-corrected chi connectivity index (χ0v) is 15.5. The summed E-state index contributed by atoms with van der Waals surface area (Å²) >= 11 is 0. The molecule has 0 bridgehead atoms. The van der Waals surface area contributed by atoms with Gasteiger partial charge in [-0.15, -0.1) is 0 Å². The molecular weight excluding hydrogens is 312 g/mol. The van der Waals surface area contributed by atoms with Crippen LogP contribution in [0.5, 0.6) is 0 Å². The van der Waals surface area contributed by atoms with Gasteiger partial charge in [-0.2, -0.15) is 0 Å². The fraction of sp³-hybridized carbons (Fsp3) is 0.500. The molecule has 5 nitrogen and oxygen atoms in total. The summed E-state index contributed by atoms with van der Waals surface area (Å²) < 4.78 is 2.23. The van der Waals surface area contributed by atoms with Gasteiger partial charge in [0.05, 0.1) is 6.54 Å². The van der Waals surface area contributed by atoms with E-state index in [9.17, 15) is 4.79 Å². The second-order valence-corrected chi connectivity index (χ2v) is 7.21. The van der Waals surface area contributed by atoms with Crippen LogP contribution in [0.4, 0.5) is 5.69 Å². The molecule has 1 saturated heterocycles. The molecule has 3 rings (SSSR count). The highest BCUT2D eigenvalue weighted by Crippen LogP contribution is 2.20. The first-order valence-corrected chi connectivity index (χ1v) is 9.08. The third kappa shape index (κ3) is 4.69. The topological polar surface area (TPSA) is 50.2 Å². The Morgan fingerprint density at radius 3 is 2.64 bits per heavy atom. The van der Waals surface area contributed by atoms with E-state index in [1.54, 1.807) is 0 Å². The van der Waals surface area contributed by atoms with Gasteiger partial charge in [0.1, 0.15) is 5.82 Å². The third-order valence-electron chi connectivity index (χ3n) is 5.11. The fourth-order valence-electron chi connectivity index (χ4n) is 3.55. The number of hydrogen-bond acceptors (Lipinski definition) is 3. The molecule has 0 atom stereocenters. The van der Waals surface area contributed by atoms with Gasteiger partial charge in [-0.25, -0.2) is 4.98 Å². The number of rotatable bonds is 5. The van der Waals surface area contributed by atoms with E-state index in [1.807, 2.05) is 32.2 Å². The molecule has 25 heavy (non-hydrogen) atoms. The number of aryl methyl sites for hydroxylation is 3. The number of imidazole rings is 1. The number of hydrogen-bond donors (Lipinski definition) is 1. The summed E-state index contributed by atoms with van der Waals surface area (Å²) in [5.41, 5.74) is 3.24. The molecule has 1 fully saturated rings. The molecule has 5 heteroatoms. The first kappa shape index (κ1) is 17.7.